The minimum Gasteiger partial charge on any atom is -0.325 e. The number of benzene rings is 1. The van der Waals surface area contributed by atoms with Crippen molar-refractivity contribution in [2.24, 2.45) is 16.7 Å². The quantitative estimate of drug-likeness (QED) is 0.760. The van der Waals surface area contributed by atoms with E-state index in [4.69, 9.17) is 0 Å². The van der Waals surface area contributed by atoms with Gasteiger partial charge in [-0.15, -0.1) is 0 Å². The summed E-state index contributed by atoms with van der Waals surface area (Å²) in [6.07, 6.45) is -2.23. The molecule has 0 heterocycles. The van der Waals surface area contributed by atoms with E-state index in [-0.39, 0.29) is 17.0 Å². The van der Waals surface area contributed by atoms with Crippen LogP contribution in [0.5, 0.6) is 0 Å². The molecule has 2 nitrogen and oxygen atoms in total. The Bertz CT molecular complexity index is 677. The molecule has 124 valence electrons. The molecule has 3 rings (SSSR count). The molecule has 2 aliphatic rings. The first-order valence-electron chi connectivity index (χ1n) is 7.76. The molecular formula is C18H20F3NO. The molecule has 2 unspecified atom stereocenters. The number of halogens is 3. The Morgan fingerprint density at radius 1 is 1.30 bits per heavy atom. The van der Waals surface area contributed by atoms with Crippen molar-refractivity contribution >= 4 is 11.6 Å². The smallest absolute Gasteiger partial charge is 0.325 e. The summed E-state index contributed by atoms with van der Waals surface area (Å²) in [4.78, 5) is 12.8. The van der Waals surface area contributed by atoms with Crippen LogP contribution in [0.2, 0.25) is 0 Å². The number of amides is 1. The molecule has 1 amide bonds. The summed E-state index contributed by atoms with van der Waals surface area (Å²) in [5, 5.41) is 2.53. The summed E-state index contributed by atoms with van der Waals surface area (Å²) in [6.45, 7) is 8.25. The van der Waals surface area contributed by atoms with E-state index in [0.29, 0.717) is 18.8 Å². The number of fused-ring (bicyclic) bond motifs is 2. The average molecular weight is 323 g/mol. The van der Waals surface area contributed by atoms with Gasteiger partial charge in [0, 0.05) is 0 Å². The number of carbonyl (C=O) groups is 1. The van der Waals surface area contributed by atoms with Gasteiger partial charge < -0.3 is 5.32 Å². The molecule has 0 aliphatic heterocycles. The second-order valence-electron chi connectivity index (χ2n) is 7.22. The number of carbonyl (C=O) groups excluding carboxylic acids is 1. The second-order valence-corrected chi connectivity index (χ2v) is 7.22. The first-order valence-corrected chi connectivity index (χ1v) is 7.76. The summed E-state index contributed by atoms with van der Waals surface area (Å²) in [5.41, 5.74) is -1.02. The summed E-state index contributed by atoms with van der Waals surface area (Å²) in [7, 11) is 0. The van der Waals surface area contributed by atoms with Gasteiger partial charge in [-0.3, -0.25) is 4.79 Å². The Hall–Kier alpha value is -1.78. The standard InChI is InChI=1S/C18H20F3NO/c1-11-16(2,3)12-8-9-17(11,10-12)15(23)22-14-7-5-4-6-13(14)18(19,20)21/h4-7,12H,1,8-10H2,2-3H3,(H,22,23). The zero-order valence-electron chi connectivity index (χ0n) is 13.3. The normalized spacial score (nSPS) is 28.9. The number of rotatable bonds is 2. The maximum Gasteiger partial charge on any atom is 0.418 e. The fourth-order valence-corrected chi connectivity index (χ4v) is 4.22. The minimum absolute atomic E-state index is 0.140. The Balaban J connectivity index is 1.91. The van der Waals surface area contributed by atoms with Crippen molar-refractivity contribution in [2.45, 2.75) is 39.3 Å². The van der Waals surface area contributed by atoms with Crippen molar-refractivity contribution in [3.8, 4) is 0 Å². The first kappa shape index (κ1) is 16.1. The minimum atomic E-state index is -4.49. The van der Waals surface area contributed by atoms with Crippen molar-refractivity contribution in [1.29, 1.82) is 0 Å². The van der Waals surface area contributed by atoms with E-state index in [1.165, 1.54) is 18.2 Å². The summed E-state index contributed by atoms with van der Waals surface area (Å²) < 4.78 is 39.3. The molecule has 0 saturated heterocycles. The summed E-state index contributed by atoms with van der Waals surface area (Å²) >= 11 is 0. The predicted octanol–water partition coefficient (Wildman–Crippen LogP) is 5.03. The molecule has 0 aromatic heterocycles. The van der Waals surface area contributed by atoms with E-state index in [2.05, 4.69) is 25.7 Å². The molecule has 2 saturated carbocycles. The van der Waals surface area contributed by atoms with E-state index in [9.17, 15) is 18.0 Å². The third-order valence-electron chi connectivity index (χ3n) is 5.81. The van der Waals surface area contributed by atoms with Crippen LogP contribution in [0, 0.1) is 16.7 Å². The number of hydrogen-bond donors (Lipinski definition) is 1. The Morgan fingerprint density at radius 2 is 1.96 bits per heavy atom. The van der Waals surface area contributed by atoms with E-state index < -0.39 is 17.2 Å². The molecule has 1 aromatic carbocycles. The summed E-state index contributed by atoms with van der Waals surface area (Å²) in [5.74, 6) is 0.0193. The zero-order chi connectivity index (χ0) is 17.0. The molecule has 2 bridgehead atoms. The molecule has 2 aliphatic carbocycles. The largest absolute Gasteiger partial charge is 0.418 e. The van der Waals surface area contributed by atoms with Crippen LogP contribution in [0.4, 0.5) is 18.9 Å². The highest BCUT2D eigenvalue weighted by Gasteiger charge is 2.61. The number of hydrogen-bond acceptors (Lipinski definition) is 1. The lowest BCUT2D eigenvalue weighted by molar-refractivity contribution is -0.137. The second kappa shape index (κ2) is 4.86. The van der Waals surface area contributed by atoms with Gasteiger partial charge in [-0.1, -0.05) is 38.1 Å². The number of alkyl halides is 3. The van der Waals surface area contributed by atoms with Crippen molar-refractivity contribution < 1.29 is 18.0 Å². The van der Waals surface area contributed by atoms with Crippen LogP contribution in [0.3, 0.4) is 0 Å². The lowest BCUT2D eigenvalue weighted by atomic mass is 9.68. The first-order chi connectivity index (χ1) is 10.6. The average Bonchev–Trinajstić information content (AvgIpc) is 2.99. The Labute approximate surface area is 133 Å². The van der Waals surface area contributed by atoms with E-state index in [1.807, 2.05) is 0 Å². The molecule has 23 heavy (non-hydrogen) atoms. The third-order valence-corrected chi connectivity index (χ3v) is 5.81. The van der Waals surface area contributed by atoms with E-state index >= 15 is 0 Å². The number of nitrogens with one attached hydrogen (secondary N) is 1. The van der Waals surface area contributed by atoms with Gasteiger partial charge in [-0.25, -0.2) is 0 Å². The molecule has 2 fully saturated rings. The van der Waals surface area contributed by atoms with Crippen LogP contribution >= 0.6 is 0 Å². The van der Waals surface area contributed by atoms with Crippen molar-refractivity contribution in [2.75, 3.05) is 5.32 Å². The van der Waals surface area contributed by atoms with Gasteiger partial charge >= 0.3 is 6.18 Å². The lowest BCUT2D eigenvalue weighted by Crippen LogP contribution is -2.37. The fourth-order valence-electron chi connectivity index (χ4n) is 4.22. The van der Waals surface area contributed by atoms with Gasteiger partial charge in [0.1, 0.15) is 0 Å². The number of anilines is 1. The molecule has 0 spiro atoms. The molecule has 2 atom stereocenters. The van der Waals surface area contributed by atoms with Crippen molar-refractivity contribution in [3.05, 3.63) is 42.0 Å². The topological polar surface area (TPSA) is 29.1 Å². The maximum atomic E-state index is 13.1. The van der Waals surface area contributed by atoms with Gasteiger partial charge in [0.05, 0.1) is 16.7 Å². The predicted molar refractivity (Wildman–Crippen MR) is 82.8 cm³/mol. The van der Waals surface area contributed by atoms with Gasteiger partial charge in [0.2, 0.25) is 5.91 Å². The van der Waals surface area contributed by atoms with Crippen LogP contribution in [0.1, 0.15) is 38.7 Å². The van der Waals surface area contributed by atoms with Crippen LogP contribution in [0.15, 0.2) is 36.4 Å². The van der Waals surface area contributed by atoms with Crippen LogP contribution in [0.25, 0.3) is 0 Å². The highest BCUT2D eigenvalue weighted by molar-refractivity contribution is 5.99. The molecule has 1 aromatic rings. The van der Waals surface area contributed by atoms with Crippen molar-refractivity contribution in [3.63, 3.8) is 0 Å². The van der Waals surface area contributed by atoms with Crippen molar-refractivity contribution in [1.82, 2.24) is 0 Å². The molecular weight excluding hydrogens is 303 g/mol. The molecule has 1 N–H and O–H groups in total. The molecule has 0 radical (unpaired) electrons. The SMILES string of the molecule is C=C1C2(C(=O)Nc3ccccc3C(F)(F)F)CCC(C2)C1(C)C. The highest BCUT2D eigenvalue weighted by Crippen LogP contribution is 2.65. The monoisotopic (exact) mass is 323 g/mol. The van der Waals surface area contributed by atoms with Gasteiger partial charge in [0.15, 0.2) is 0 Å². The van der Waals surface area contributed by atoms with Crippen LogP contribution < -0.4 is 5.32 Å². The zero-order valence-corrected chi connectivity index (χ0v) is 13.3. The fraction of sp³-hybridized carbons (Fsp3) is 0.500. The Morgan fingerprint density at radius 3 is 2.52 bits per heavy atom. The van der Waals surface area contributed by atoms with Crippen LogP contribution in [-0.2, 0) is 11.0 Å². The lowest BCUT2D eigenvalue weighted by Gasteiger charge is -2.37. The van der Waals surface area contributed by atoms with E-state index in [0.717, 1.165) is 18.1 Å². The van der Waals surface area contributed by atoms with Gasteiger partial charge in [0.25, 0.3) is 0 Å². The number of para-hydroxylation sites is 1. The highest BCUT2D eigenvalue weighted by atomic mass is 19.4. The summed E-state index contributed by atoms with van der Waals surface area (Å²) in [6, 6.07) is 5.10. The van der Waals surface area contributed by atoms with E-state index in [1.54, 1.807) is 0 Å². The third kappa shape index (κ3) is 2.28. The Kier molecular flexibility index (Phi) is 3.40. The van der Waals surface area contributed by atoms with Gasteiger partial charge in [-0.05, 0) is 42.7 Å². The van der Waals surface area contributed by atoms with Crippen LogP contribution in [-0.4, -0.2) is 5.91 Å². The molecule has 5 heteroatoms. The maximum absolute atomic E-state index is 13.1. The van der Waals surface area contributed by atoms with Gasteiger partial charge in [-0.2, -0.15) is 13.2 Å².